The lowest BCUT2D eigenvalue weighted by Crippen LogP contribution is -2.05. The number of hydrogen-bond donors (Lipinski definition) is 1. The van der Waals surface area contributed by atoms with Crippen molar-refractivity contribution in [3.63, 3.8) is 0 Å². The van der Waals surface area contributed by atoms with Gasteiger partial charge in [0.2, 0.25) is 0 Å². The molecule has 0 radical (unpaired) electrons. The van der Waals surface area contributed by atoms with E-state index in [1.807, 2.05) is 37.4 Å². The molecule has 0 saturated heterocycles. The summed E-state index contributed by atoms with van der Waals surface area (Å²) < 4.78 is 5.39. The normalized spacial score (nSPS) is 10.4. The summed E-state index contributed by atoms with van der Waals surface area (Å²) in [5.74, 6) is 0.813. The summed E-state index contributed by atoms with van der Waals surface area (Å²) in [5, 5.41) is 11.5. The van der Waals surface area contributed by atoms with Crippen LogP contribution in [0.25, 0.3) is 6.08 Å². The van der Waals surface area contributed by atoms with E-state index in [-0.39, 0.29) is 0 Å². The fourth-order valence-electron chi connectivity index (χ4n) is 1.34. The molecule has 0 atom stereocenters. The minimum absolute atomic E-state index is 0.422. The zero-order valence-corrected chi connectivity index (χ0v) is 10.1. The summed E-state index contributed by atoms with van der Waals surface area (Å²) >= 11 is 0. The molecule has 1 N–H and O–H groups in total. The second-order valence-corrected chi connectivity index (χ2v) is 3.62. The average molecular weight is 230 g/mol. The number of nitrogens with zero attached hydrogens (tertiary/aromatic N) is 1. The lowest BCUT2D eigenvalue weighted by Gasteiger charge is -2.03. The highest BCUT2D eigenvalue weighted by atomic mass is 16.5. The third-order valence-electron chi connectivity index (χ3n) is 2.23. The molecule has 0 aromatic heterocycles. The van der Waals surface area contributed by atoms with Crippen LogP contribution in [0.4, 0.5) is 0 Å². The van der Waals surface area contributed by atoms with Crippen molar-refractivity contribution < 1.29 is 4.74 Å². The molecule has 1 aromatic carbocycles. The van der Waals surface area contributed by atoms with Crippen LogP contribution in [0.15, 0.2) is 30.3 Å². The van der Waals surface area contributed by atoms with E-state index in [2.05, 4.69) is 17.5 Å². The number of nitrogens with one attached hydrogen (secondary N) is 1. The second-order valence-electron chi connectivity index (χ2n) is 3.62. The average Bonchev–Trinajstić information content (AvgIpc) is 2.37. The Morgan fingerprint density at radius 2 is 2.12 bits per heavy atom. The van der Waals surface area contributed by atoms with Crippen molar-refractivity contribution in [2.75, 3.05) is 20.2 Å². The van der Waals surface area contributed by atoms with Crippen LogP contribution >= 0.6 is 0 Å². The zero-order chi connectivity index (χ0) is 12.3. The highest BCUT2D eigenvalue weighted by molar-refractivity contribution is 5.50. The first-order valence-corrected chi connectivity index (χ1v) is 5.78. The molecule has 0 saturated carbocycles. The number of nitriles is 1. The fraction of sp³-hybridized carbons (Fsp3) is 0.357. The summed E-state index contributed by atoms with van der Waals surface area (Å²) in [4.78, 5) is 0. The molecule has 17 heavy (non-hydrogen) atoms. The maximum atomic E-state index is 8.38. The van der Waals surface area contributed by atoms with E-state index >= 15 is 0 Å². The van der Waals surface area contributed by atoms with Crippen LogP contribution in [0, 0.1) is 11.3 Å². The van der Waals surface area contributed by atoms with Gasteiger partial charge in [-0.2, -0.15) is 5.26 Å². The highest BCUT2D eigenvalue weighted by Crippen LogP contribution is 2.13. The molecule has 0 amide bonds. The molecule has 0 aliphatic carbocycles. The van der Waals surface area contributed by atoms with Crippen LogP contribution in [0.5, 0.6) is 5.75 Å². The van der Waals surface area contributed by atoms with Gasteiger partial charge in [0.1, 0.15) is 12.4 Å². The summed E-state index contributed by atoms with van der Waals surface area (Å²) in [5.41, 5.74) is 1.16. The Bertz CT molecular complexity index is 376. The van der Waals surface area contributed by atoms with Crippen LogP contribution < -0.4 is 10.1 Å². The topological polar surface area (TPSA) is 45.0 Å². The van der Waals surface area contributed by atoms with E-state index in [9.17, 15) is 0 Å². The molecule has 0 fully saturated rings. The van der Waals surface area contributed by atoms with E-state index < -0.39 is 0 Å². The van der Waals surface area contributed by atoms with Crippen molar-refractivity contribution in [1.29, 1.82) is 5.26 Å². The minimum Gasteiger partial charge on any atom is -0.493 e. The first-order chi connectivity index (χ1) is 8.36. The Morgan fingerprint density at radius 3 is 2.76 bits per heavy atom. The van der Waals surface area contributed by atoms with Gasteiger partial charge in [-0.3, -0.25) is 0 Å². The zero-order valence-electron chi connectivity index (χ0n) is 10.1. The van der Waals surface area contributed by atoms with Crippen molar-refractivity contribution in [2.45, 2.75) is 12.8 Å². The lowest BCUT2D eigenvalue weighted by atomic mass is 10.2. The van der Waals surface area contributed by atoms with Crippen molar-refractivity contribution in [2.24, 2.45) is 0 Å². The monoisotopic (exact) mass is 230 g/mol. The van der Waals surface area contributed by atoms with Crippen LogP contribution in [0.1, 0.15) is 18.4 Å². The highest BCUT2D eigenvalue weighted by Gasteiger charge is 1.92. The molecular formula is C14H18N2O. The smallest absolute Gasteiger partial charge is 0.119 e. The van der Waals surface area contributed by atoms with Gasteiger partial charge in [0.05, 0.1) is 12.5 Å². The van der Waals surface area contributed by atoms with E-state index in [0.717, 1.165) is 24.3 Å². The molecule has 0 heterocycles. The minimum atomic E-state index is 0.422. The molecular weight excluding hydrogens is 212 g/mol. The van der Waals surface area contributed by atoms with Gasteiger partial charge in [-0.05, 0) is 37.7 Å². The molecule has 1 aromatic rings. The number of benzene rings is 1. The van der Waals surface area contributed by atoms with Gasteiger partial charge in [-0.15, -0.1) is 0 Å². The van der Waals surface area contributed by atoms with Crippen LogP contribution in [-0.2, 0) is 0 Å². The Hall–Kier alpha value is -1.79. The lowest BCUT2D eigenvalue weighted by molar-refractivity contribution is 0.326. The van der Waals surface area contributed by atoms with E-state index in [4.69, 9.17) is 10.00 Å². The molecule has 0 aliphatic rings. The van der Waals surface area contributed by atoms with Crippen LogP contribution in [-0.4, -0.2) is 20.2 Å². The summed E-state index contributed by atoms with van der Waals surface area (Å²) in [6.45, 7) is 1.44. The van der Waals surface area contributed by atoms with Gasteiger partial charge in [0.15, 0.2) is 0 Å². The number of rotatable bonds is 7. The van der Waals surface area contributed by atoms with Gasteiger partial charge in [-0.25, -0.2) is 0 Å². The Kier molecular flexibility index (Phi) is 6.54. The Labute approximate surface area is 103 Å². The molecule has 90 valence electrons. The largest absolute Gasteiger partial charge is 0.493 e. The van der Waals surface area contributed by atoms with Crippen molar-refractivity contribution in [3.05, 3.63) is 35.9 Å². The summed E-state index contributed by atoms with van der Waals surface area (Å²) in [7, 11) is 1.95. The Balaban J connectivity index is 2.39. The SMILES string of the molecule is CNCCC=Cc1ccc(OCCC#N)cc1. The molecule has 3 nitrogen and oxygen atoms in total. The van der Waals surface area contributed by atoms with Gasteiger partial charge in [0.25, 0.3) is 0 Å². The van der Waals surface area contributed by atoms with Gasteiger partial charge >= 0.3 is 0 Å². The quantitative estimate of drug-likeness (QED) is 0.732. The molecule has 3 heteroatoms. The van der Waals surface area contributed by atoms with Gasteiger partial charge < -0.3 is 10.1 Å². The molecule has 0 aliphatic heterocycles. The predicted octanol–water partition coefficient (Wildman–Crippen LogP) is 2.60. The van der Waals surface area contributed by atoms with E-state index in [0.29, 0.717) is 13.0 Å². The summed E-state index contributed by atoms with van der Waals surface area (Å²) in [6, 6.07) is 9.92. The number of ether oxygens (including phenoxy) is 1. The Morgan fingerprint density at radius 1 is 1.35 bits per heavy atom. The third-order valence-corrected chi connectivity index (χ3v) is 2.23. The maximum absolute atomic E-state index is 8.38. The predicted molar refractivity (Wildman–Crippen MR) is 69.7 cm³/mol. The van der Waals surface area contributed by atoms with Crippen molar-refractivity contribution in [3.8, 4) is 11.8 Å². The van der Waals surface area contributed by atoms with Gasteiger partial charge in [0, 0.05) is 0 Å². The second kappa shape index (κ2) is 8.37. The first kappa shape index (κ1) is 13.3. The fourth-order valence-corrected chi connectivity index (χ4v) is 1.34. The first-order valence-electron chi connectivity index (χ1n) is 5.78. The number of hydrogen-bond acceptors (Lipinski definition) is 3. The van der Waals surface area contributed by atoms with E-state index in [1.54, 1.807) is 0 Å². The third kappa shape index (κ3) is 5.74. The van der Waals surface area contributed by atoms with E-state index in [1.165, 1.54) is 0 Å². The maximum Gasteiger partial charge on any atom is 0.119 e. The van der Waals surface area contributed by atoms with Crippen LogP contribution in [0.2, 0.25) is 0 Å². The van der Waals surface area contributed by atoms with Crippen molar-refractivity contribution >= 4 is 6.08 Å². The molecule has 0 unspecified atom stereocenters. The molecule has 0 spiro atoms. The molecule has 0 bridgehead atoms. The summed E-state index contributed by atoms with van der Waals surface area (Å²) in [6.07, 6.45) is 5.68. The van der Waals surface area contributed by atoms with Crippen LogP contribution in [0.3, 0.4) is 0 Å². The van der Waals surface area contributed by atoms with Crippen molar-refractivity contribution in [1.82, 2.24) is 5.32 Å². The van der Waals surface area contributed by atoms with Gasteiger partial charge in [-0.1, -0.05) is 24.3 Å². The standard InChI is InChI=1S/C14H18N2O/c1-16-11-3-2-5-13-6-8-14(9-7-13)17-12-4-10-15/h2,5-9,16H,3-4,11-12H2,1H3. The molecule has 1 rings (SSSR count).